The average Bonchev–Trinajstić information content (AvgIpc) is 3.82. The summed E-state index contributed by atoms with van der Waals surface area (Å²) in [5.41, 5.74) is -0.982. The van der Waals surface area contributed by atoms with E-state index in [4.69, 9.17) is 35.3 Å². The summed E-state index contributed by atoms with van der Waals surface area (Å²) in [6.07, 6.45) is 0.861. The van der Waals surface area contributed by atoms with Gasteiger partial charge in [0, 0.05) is 73.6 Å². The van der Waals surface area contributed by atoms with Gasteiger partial charge in [-0.15, -0.1) is 0 Å². The average molecular weight is 816 g/mol. The van der Waals surface area contributed by atoms with Crippen molar-refractivity contribution in [3.8, 4) is 28.7 Å². The topological polar surface area (TPSA) is 172 Å². The summed E-state index contributed by atoms with van der Waals surface area (Å²) in [5, 5.41) is 15.4. The minimum atomic E-state index is -2.08. The molecule has 15 heteroatoms. The molecule has 58 heavy (non-hydrogen) atoms. The third kappa shape index (κ3) is 6.27. The number of nitrogens with one attached hydrogen (secondary N) is 1. The predicted molar refractivity (Wildman–Crippen MR) is 210 cm³/mol. The number of aliphatic hydroxyl groups is 1. The molecule has 1 spiro atoms. The Hall–Kier alpha value is -5.50. The molecule has 4 aliphatic heterocycles. The number of rotatable bonds is 10. The summed E-state index contributed by atoms with van der Waals surface area (Å²) in [7, 11) is 2.78. The highest BCUT2D eigenvalue weighted by atomic mass is 35.5. The maximum absolute atomic E-state index is 14.6. The Morgan fingerprint density at radius 3 is 2.53 bits per heavy atom. The molecule has 1 saturated heterocycles. The molecular formula is C43H46ClN3O11. The zero-order chi connectivity index (χ0) is 41.2. The number of likely N-dealkylation sites (tertiary alicyclic amines) is 1. The number of benzene rings is 2. The van der Waals surface area contributed by atoms with Crippen LogP contribution in [-0.4, -0.2) is 83.7 Å². The van der Waals surface area contributed by atoms with Gasteiger partial charge in [0.1, 0.15) is 28.1 Å². The predicted octanol–water partition coefficient (Wildman–Crippen LogP) is 5.33. The number of aromatic nitrogens is 1. The first-order valence-corrected chi connectivity index (χ1v) is 20.0. The van der Waals surface area contributed by atoms with Crippen LogP contribution in [0, 0.1) is 17.8 Å². The van der Waals surface area contributed by atoms with E-state index in [1.54, 1.807) is 46.7 Å². The number of carbonyl (C=O) groups is 4. The van der Waals surface area contributed by atoms with Crippen molar-refractivity contribution in [2.24, 2.45) is 17.8 Å². The van der Waals surface area contributed by atoms with Crippen LogP contribution in [0.1, 0.15) is 79.9 Å². The Morgan fingerprint density at radius 2 is 1.79 bits per heavy atom. The maximum Gasteiger partial charge on any atom is 0.250 e. The number of hydrogen-bond donors (Lipinski definition) is 2. The molecule has 3 aromatic rings. The highest BCUT2D eigenvalue weighted by Gasteiger charge is 2.61. The van der Waals surface area contributed by atoms with Gasteiger partial charge < -0.3 is 43.6 Å². The summed E-state index contributed by atoms with van der Waals surface area (Å²) >= 11 is 6.67. The Morgan fingerprint density at radius 1 is 1.03 bits per heavy atom. The summed E-state index contributed by atoms with van der Waals surface area (Å²) < 4.78 is 30.3. The van der Waals surface area contributed by atoms with Crippen LogP contribution in [0.2, 0.25) is 5.02 Å². The molecule has 5 heterocycles. The first kappa shape index (κ1) is 39.3. The molecule has 5 aliphatic rings. The van der Waals surface area contributed by atoms with Crippen molar-refractivity contribution < 1.29 is 48.0 Å². The zero-order valence-electron chi connectivity index (χ0n) is 33.0. The first-order chi connectivity index (χ1) is 27.8. The number of aliphatic hydroxyl groups excluding tert-OH is 1. The molecule has 1 aliphatic carbocycles. The van der Waals surface area contributed by atoms with Crippen LogP contribution < -0.4 is 34.6 Å². The van der Waals surface area contributed by atoms with E-state index in [0.29, 0.717) is 43.1 Å². The molecule has 306 valence electrons. The Labute approximate surface area is 340 Å². The number of ketones is 2. The number of fused-ring (bicyclic) bond motifs is 6. The van der Waals surface area contributed by atoms with E-state index in [0.717, 1.165) is 12.1 Å². The molecule has 0 saturated carbocycles. The second-order valence-corrected chi connectivity index (χ2v) is 16.4. The van der Waals surface area contributed by atoms with Gasteiger partial charge in [-0.05, 0) is 42.0 Å². The molecule has 1 aromatic heterocycles. The van der Waals surface area contributed by atoms with Gasteiger partial charge in [0.05, 0.1) is 14.2 Å². The van der Waals surface area contributed by atoms with Crippen molar-refractivity contribution in [2.45, 2.75) is 76.5 Å². The summed E-state index contributed by atoms with van der Waals surface area (Å²) in [6.45, 7) is 6.82. The van der Waals surface area contributed by atoms with E-state index in [1.165, 1.54) is 20.3 Å². The lowest BCUT2D eigenvalue weighted by molar-refractivity contribution is -0.140. The Kier molecular flexibility index (Phi) is 10.2. The van der Waals surface area contributed by atoms with Gasteiger partial charge in [-0.2, -0.15) is 0 Å². The van der Waals surface area contributed by atoms with Crippen LogP contribution >= 0.6 is 11.6 Å². The lowest BCUT2D eigenvalue weighted by Crippen LogP contribution is -2.56. The number of amides is 2. The monoisotopic (exact) mass is 815 g/mol. The third-order valence-corrected chi connectivity index (χ3v) is 13.0. The van der Waals surface area contributed by atoms with Crippen molar-refractivity contribution in [1.82, 2.24) is 14.8 Å². The third-order valence-electron chi connectivity index (χ3n) is 12.6. The highest BCUT2D eigenvalue weighted by Crippen LogP contribution is 2.56. The van der Waals surface area contributed by atoms with Gasteiger partial charge in [-0.25, -0.2) is 0 Å². The smallest absolute Gasteiger partial charge is 0.250 e. The number of allylic oxidation sites excluding steroid dienone is 1. The van der Waals surface area contributed by atoms with Crippen LogP contribution in [-0.2, 0) is 20.9 Å². The molecule has 2 N–H and O–H groups in total. The number of methoxy groups -OCH3 is 2. The van der Waals surface area contributed by atoms with Crippen LogP contribution in [0.5, 0.6) is 28.7 Å². The van der Waals surface area contributed by atoms with Crippen molar-refractivity contribution in [2.75, 3.05) is 34.1 Å². The van der Waals surface area contributed by atoms with Gasteiger partial charge >= 0.3 is 0 Å². The molecule has 14 nitrogen and oxygen atoms in total. The number of Topliss-reactive ketones (excluding diaryl/α,β-unsaturated/α-hetero) is 2. The minimum absolute atomic E-state index is 0.00918. The number of nitrogens with zero attached hydrogens (tertiary/aromatic N) is 2. The molecule has 2 bridgehead atoms. The van der Waals surface area contributed by atoms with Gasteiger partial charge in [0.15, 0.2) is 28.8 Å². The summed E-state index contributed by atoms with van der Waals surface area (Å²) in [5.74, 6) is -3.64. The summed E-state index contributed by atoms with van der Waals surface area (Å²) in [6, 6.07) is 10.8. The minimum Gasteiger partial charge on any atom is -0.507 e. The molecule has 2 aromatic carbocycles. The van der Waals surface area contributed by atoms with Gasteiger partial charge in [-0.1, -0.05) is 50.9 Å². The van der Waals surface area contributed by atoms with Crippen LogP contribution in [0.15, 0.2) is 58.6 Å². The fourth-order valence-corrected chi connectivity index (χ4v) is 9.69. The maximum atomic E-state index is 14.6. The van der Waals surface area contributed by atoms with Crippen LogP contribution in [0.25, 0.3) is 0 Å². The fourth-order valence-electron chi connectivity index (χ4n) is 9.43. The van der Waals surface area contributed by atoms with E-state index in [2.05, 4.69) is 5.32 Å². The number of ether oxygens (including phenoxy) is 5. The largest absolute Gasteiger partial charge is 0.507 e. The normalized spacial score (nSPS) is 24.4. The number of hydrogen-bond acceptors (Lipinski definition) is 11. The van der Waals surface area contributed by atoms with E-state index < -0.39 is 46.7 Å². The lowest BCUT2D eigenvalue weighted by Gasteiger charge is -2.44. The van der Waals surface area contributed by atoms with Gasteiger partial charge in [0.25, 0.3) is 5.56 Å². The second-order valence-electron chi connectivity index (χ2n) is 16.0. The quantitative estimate of drug-likeness (QED) is 0.271. The van der Waals surface area contributed by atoms with Crippen molar-refractivity contribution >= 4 is 35.0 Å². The van der Waals surface area contributed by atoms with E-state index in [1.807, 2.05) is 19.9 Å². The van der Waals surface area contributed by atoms with E-state index in [-0.39, 0.29) is 82.3 Å². The van der Waals surface area contributed by atoms with Crippen LogP contribution in [0.3, 0.4) is 0 Å². The van der Waals surface area contributed by atoms with E-state index >= 15 is 0 Å². The molecule has 2 amide bonds. The number of halogens is 1. The molecule has 8 rings (SSSR count). The van der Waals surface area contributed by atoms with Crippen molar-refractivity contribution in [3.63, 3.8) is 0 Å². The second kappa shape index (κ2) is 15.0. The van der Waals surface area contributed by atoms with E-state index in [9.17, 15) is 29.1 Å². The number of pyridine rings is 1. The molecule has 5 unspecified atom stereocenters. The van der Waals surface area contributed by atoms with Crippen molar-refractivity contribution in [3.05, 3.63) is 86.0 Å². The standard InChI is InChI=1S/C43H46ClN3O11/c1-6-21(2)38(42(53)46-17-23-13-25(19-46)27-8-7-9-34(50)47(27)18-23)45-33(49)15-26(24-10-11-29-30(14-24)57-20-56-29)35-28(48)12-22(3)43(40(35)51)41(52)36-31(54-4)16-32(55-5)37(44)39(36)58-43/h7-11,14,16,21-23,25-26,38,51H,6,12-13,15,17-20H2,1-5H3,(H,45,49)/t21?,22?,23-,25+,26?,38?,43?/m1/s1. The zero-order valence-corrected chi connectivity index (χ0v) is 33.7. The molecule has 0 radical (unpaired) electrons. The molecule has 7 atom stereocenters. The van der Waals surface area contributed by atoms with Gasteiger partial charge in [0.2, 0.25) is 30.0 Å². The fraction of sp³-hybridized carbons (Fsp3) is 0.465. The van der Waals surface area contributed by atoms with Crippen molar-refractivity contribution in [1.29, 1.82) is 0 Å². The Bertz CT molecular complexity index is 2320. The SMILES string of the molecule is CCC(C)C(NC(=O)CC(C1=C(O)C2(Oc3c(Cl)c(OC)cc(OC)c3C2=O)C(C)CC1=O)c1ccc2c(c1)OCO2)C(=O)N1C[C@H]2C[C@@H](C1)c1cccc(=O)n1C2. The first-order valence-electron chi connectivity index (χ1n) is 19.6. The Balaban J connectivity index is 1.14. The molecular weight excluding hydrogens is 770 g/mol. The highest BCUT2D eigenvalue weighted by molar-refractivity contribution is 6.35. The lowest BCUT2D eigenvalue weighted by atomic mass is 9.69. The number of piperidine rings is 1. The summed E-state index contributed by atoms with van der Waals surface area (Å²) in [4.78, 5) is 72.1. The van der Waals surface area contributed by atoms with Crippen LogP contribution in [0.4, 0.5) is 0 Å². The van der Waals surface area contributed by atoms with Gasteiger partial charge in [-0.3, -0.25) is 24.0 Å². The number of carbonyl (C=O) groups excluding carboxylic acids is 4. The molecule has 1 fully saturated rings.